The first-order valence-electron chi connectivity index (χ1n) is 8.90. The zero-order chi connectivity index (χ0) is 20.5. The van der Waals surface area contributed by atoms with E-state index in [1.165, 1.54) is 0 Å². The summed E-state index contributed by atoms with van der Waals surface area (Å²) in [7, 11) is 0. The van der Waals surface area contributed by atoms with Gasteiger partial charge in [-0.15, -0.1) is 0 Å². The van der Waals surface area contributed by atoms with Gasteiger partial charge in [-0.3, -0.25) is 9.36 Å². The fraction of sp³-hybridized carbons (Fsp3) is 0.333. The van der Waals surface area contributed by atoms with E-state index in [1.807, 2.05) is 18.2 Å². The number of rotatable bonds is 5. The van der Waals surface area contributed by atoms with Crippen LogP contribution in [0.5, 0.6) is 0 Å². The van der Waals surface area contributed by atoms with Gasteiger partial charge in [-0.2, -0.15) is 0 Å². The fourth-order valence-corrected chi connectivity index (χ4v) is 3.28. The van der Waals surface area contributed by atoms with E-state index in [0.29, 0.717) is 22.3 Å². The summed E-state index contributed by atoms with van der Waals surface area (Å²) < 4.78 is 7.90. The molecule has 0 saturated carbocycles. The van der Waals surface area contributed by atoms with Crippen LogP contribution in [0.25, 0.3) is 11.0 Å². The van der Waals surface area contributed by atoms with Crippen molar-refractivity contribution in [2.45, 2.75) is 40.2 Å². The monoisotopic (exact) mass is 446 g/mol. The van der Waals surface area contributed by atoms with Gasteiger partial charge in [0.2, 0.25) is 0 Å². The molecule has 7 heteroatoms. The Labute approximate surface area is 171 Å². The van der Waals surface area contributed by atoms with Crippen molar-refractivity contribution < 1.29 is 19.7 Å². The summed E-state index contributed by atoms with van der Waals surface area (Å²) in [6.45, 7) is 5.20. The van der Waals surface area contributed by atoms with E-state index in [9.17, 15) is 15.0 Å². The van der Waals surface area contributed by atoms with Crippen molar-refractivity contribution in [2.24, 2.45) is 5.41 Å². The molecule has 148 valence electrons. The van der Waals surface area contributed by atoms with Gasteiger partial charge < -0.3 is 14.9 Å². The molecule has 0 amide bonds. The number of aromatic nitrogens is 2. The Morgan fingerprint density at radius 3 is 2.68 bits per heavy atom. The molecule has 2 N–H and O–H groups in total. The second kappa shape index (κ2) is 8.03. The molecule has 0 fully saturated rings. The lowest BCUT2D eigenvalue weighted by Gasteiger charge is -2.17. The lowest BCUT2D eigenvalue weighted by atomic mass is 9.97. The Morgan fingerprint density at radius 1 is 1.29 bits per heavy atom. The second-order valence-electron chi connectivity index (χ2n) is 7.65. The molecule has 0 radical (unpaired) electrons. The van der Waals surface area contributed by atoms with Crippen molar-refractivity contribution in [2.75, 3.05) is 0 Å². The van der Waals surface area contributed by atoms with Gasteiger partial charge in [0, 0.05) is 27.8 Å². The van der Waals surface area contributed by atoms with Gasteiger partial charge >= 0.3 is 5.97 Å². The minimum Gasteiger partial charge on any atom is -0.443 e. The van der Waals surface area contributed by atoms with E-state index in [-0.39, 0.29) is 19.3 Å². The standard InChI is InChI=1S/C21H23BrN2O4/c1-21(2,3)20(27)28-12-24-10-17(16-8-14(22)9-23-19(16)24)18(26)15-7-5-4-6-13(15)11-25/h4-10,18,25-26H,11-12H2,1-3H3. The average Bonchev–Trinajstić information content (AvgIpc) is 3.02. The summed E-state index contributed by atoms with van der Waals surface area (Å²) in [5.74, 6) is -0.320. The third-order valence-electron chi connectivity index (χ3n) is 4.47. The summed E-state index contributed by atoms with van der Waals surface area (Å²) >= 11 is 3.42. The summed E-state index contributed by atoms with van der Waals surface area (Å²) in [6.07, 6.45) is 2.43. The third kappa shape index (κ3) is 4.11. The second-order valence-corrected chi connectivity index (χ2v) is 8.56. The number of carbonyl (C=O) groups is 1. The Morgan fingerprint density at radius 2 is 2.00 bits per heavy atom. The van der Waals surface area contributed by atoms with Crippen molar-refractivity contribution >= 4 is 32.9 Å². The van der Waals surface area contributed by atoms with E-state index < -0.39 is 11.5 Å². The number of halogens is 1. The number of benzene rings is 1. The van der Waals surface area contributed by atoms with Crippen LogP contribution in [-0.2, 0) is 22.9 Å². The van der Waals surface area contributed by atoms with Crippen LogP contribution >= 0.6 is 15.9 Å². The average molecular weight is 447 g/mol. The number of fused-ring (bicyclic) bond motifs is 1. The first-order valence-corrected chi connectivity index (χ1v) is 9.70. The lowest BCUT2D eigenvalue weighted by molar-refractivity contribution is -0.156. The van der Waals surface area contributed by atoms with E-state index in [1.54, 1.807) is 49.9 Å². The molecule has 1 aromatic carbocycles. The number of aliphatic hydroxyl groups is 2. The Bertz CT molecular complexity index is 1010. The topological polar surface area (TPSA) is 84.6 Å². The quantitative estimate of drug-likeness (QED) is 0.580. The number of carbonyl (C=O) groups excluding carboxylic acids is 1. The van der Waals surface area contributed by atoms with E-state index in [4.69, 9.17) is 4.74 Å². The van der Waals surface area contributed by atoms with Gasteiger partial charge in [-0.1, -0.05) is 24.3 Å². The number of esters is 1. The largest absolute Gasteiger partial charge is 0.443 e. The van der Waals surface area contributed by atoms with Gasteiger partial charge in [-0.05, 0) is 53.9 Å². The minimum absolute atomic E-state index is 0.00436. The van der Waals surface area contributed by atoms with Crippen LogP contribution < -0.4 is 0 Å². The van der Waals surface area contributed by atoms with E-state index >= 15 is 0 Å². The predicted octanol–water partition coefficient (Wildman–Crippen LogP) is 3.92. The Balaban J connectivity index is 2.03. The van der Waals surface area contributed by atoms with Crippen LogP contribution in [0.15, 0.2) is 47.2 Å². The van der Waals surface area contributed by atoms with Crippen LogP contribution in [0, 0.1) is 5.41 Å². The molecule has 3 aromatic rings. The molecule has 2 heterocycles. The maximum atomic E-state index is 12.1. The number of aliphatic hydroxyl groups excluding tert-OH is 2. The Kier molecular flexibility index (Phi) is 5.88. The number of ether oxygens (including phenoxy) is 1. The molecule has 0 aliphatic carbocycles. The highest BCUT2D eigenvalue weighted by atomic mass is 79.9. The normalized spacial score (nSPS) is 12.9. The molecule has 0 bridgehead atoms. The molecule has 0 aliphatic rings. The molecule has 28 heavy (non-hydrogen) atoms. The molecule has 3 rings (SSSR count). The molecular formula is C21H23BrN2O4. The third-order valence-corrected chi connectivity index (χ3v) is 4.91. The molecule has 2 aromatic heterocycles. The highest BCUT2D eigenvalue weighted by Gasteiger charge is 2.24. The highest BCUT2D eigenvalue weighted by Crippen LogP contribution is 2.33. The molecule has 6 nitrogen and oxygen atoms in total. The van der Waals surface area contributed by atoms with Crippen molar-refractivity contribution in [3.05, 3.63) is 63.9 Å². The van der Waals surface area contributed by atoms with Gasteiger partial charge in [0.15, 0.2) is 6.73 Å². The van der Waals surface area contributed by atoms with E-state index in [0.717, 1.165) is 9.86 Å². The van der Waals surface area contributed by atoms with Gasteiger partial charge in [0.05, 0.1) is 12.0 Å². The van der Waals surface area contributed by atoms with Crippen LogP contribution in [0.2, 0.25) is 0 Å². The minimum atomic E-state index is -0.957. The summed E-state index contributed by atoms with van der Waals surface area (Å²) in [5.41, 5.74) is 1.88. The zero-order valence-electron chi connectivity index (χ0n) is 16.0. The maximum Gasteiger partial charge on any atom is 0.312 e. The Hall–Kier alpha value is -2.22. The van der Waals surface area contributed by atoms with Gasteiger partial charge in [0.1, 0.15) is 11.8 Å². The number of nitrogens with zero attached hydrogens (tertiary/aromatic N) is 2. The number of hydrogen-bond acceptors (Lipinski definition) is 5. The fourth-order valence-electron chi connectivity index (χ4n) is 2.95. The predicted molar refractivity (Wildman–Crippen MR) is 109 cm³/mol. The number of pyridine rings is 1. The zero-order valence-corrected chi connectivity index (χ0v) is 17.6. The van der Waals surface area contributed by atoms with Crippen LogP contribution in [-0.4, -0.2) is 25.7 Å². The van der Waals surface area contributed by atoms with Gasteiger partial charge in [-0.25, -0.2) is 4.98 Å². The summed E-state index contributed by atoms with van der Waals surface area (Å²) in [4.78, 5) is 16.6. The molecule has 0 saturated heterocycles. The van der Waals surface area contributed by atoms with Crippen molar-refractivity contribution in [1.82, 2.24) is 9.55 Å². The molecular weight excluding hydrogens is 424 g/mol. The summed E-state index contributed by atoms with van der Waals surface area (Å²) in [5, 5.41) is 21.4. The smallest absolute Gasteiger partial charge is 0.312 e. The lowest BCUT2D eigenvalue weighted by Crippen LogP contribution is -2.23. The molecule has 0 spiro atoms. The van der Waals surface area contributed by atoms with Gasteiger partial charge in [0.25, 0.3) is 0 Å². The summed E-state index contributed by atoms with van der Waals surface area (Å²) in [6, 6.07) is 9.05. The van der Waals surface area contributed by atoms with Crippen LogP contribution in [0.3, 0.4) is 0 Å². The van der Waals surface area contributed by atoms with Crippen molar-refractivity contribution in [3.63, 3.8) is 0 Å². The number of hydrogen-bond donors (Lipinski definition) is 2. The SMILES string of the molecule is CC(C)(C)C(=O)OCn1cc(C(O)c2ccccc2CO)c2cc(Br)cnc21. The first-order chi connectivity index (χ1) is 13.2. The van der Waals surface area contributed by atoms with Crippen molar-refractivity contribution in [3.8, 4) is 0 Å². The maximum absolute atomic E-state index is 12.1. The molecule has 1 unspecified atom stereocenters. The molecule has 0 aliphatic heterocycles. The van der Waals surface area contributed by atoms with Crippen LogP contribution in [0.1, 0.15) is 43.6 Å². The van der Waals surface area contributed by atoms with E-state index in [2.05, 4.69) is 20.9 Å². The molecule has 1 atom stereocenters. The van der Waals surface area contributed by atoms with Crippen LogP contribution in [0.4, 0.5) is 0 Å². The highest BCUT2D eigenvalue weighted by molar-refractivity contribution is 9.10. The first kappa shape index (κ1) is 20.5. The van der Waals surface area contributed by atoms with Crippen molar-refractivity contribution in [1.29, 1.82) is 0 Å².